The summed E-state index contributed by atoms with van der Waals surface area (Å²) in [6.07, 6.45) is 0. The highest BCUT2D eigenvalue weighted by Gasteiger charge is 2.29. The van der Waals surface area contributed by atoms with Crippen LogP contribution in [-0.4, -0.2) is 38.1 Å². The maximum atomic E-state index is 11.7. The molecule has 1 amide bonds. The van der Waals surface area contributed by atoms with Gasteiger partial charge < -0.3 is 15.0 Å². The Labute approximate surface area is 102 Å². The van der Waals surface area contributed by atoms with Crippen LogP contribution in [0, 0.1) is 5.92 Å². The van der Waals surface area contributed by atoms with Gasteiger partial charge in [-0.25, -0.2) is 0 Å². The van der Waals surface area contributed by atoms with E-state index in [1.807, 2.05) is 31.3 Å². The van der Waals surface area contributed by atoms with Crippen LogP contribution in [0.3, 0.4) is 0 Å². The molecule has 0 spiro atoms. The summed E-state index contributed by atoms with van der Waals surface area (Å²) in [4.78, 5) is 13.8. The first-order valence-electron chi connectivity index (χ1n) is 5.78. The normalized spacial score (nSPS) is 16.4. The Kier molecular flexibility index (Phi) is 3.64. The minimum atomic E-state index is 0.152. The molecule has 0 radical (unpaired) electrons. The molecule has 1 aromatic carbocycles. The van der Waals surface area contributed by atoms with Crippen LogP contribution in [0.25, 0.3) is 0 Å². The van der Waals surface area contributed by atoms with Crippen molar-refractivity contribution in [2.24, 2.45) is 5.92 Å². The molecule has 0 bridgehead atoms. The van der Waals surface area contributed by atoms with Crippen molar-refractivity contribution in [3.63, 3.8) is 0 Å². The Bertz CT molecular complexity index is 383. The highest BCUT2D eigenvalue weighted by molar-refractivity contribution is 5.79. The zero-order valence-corrected chi connectivity index (χ0v) is 10.3. The number of nitrogens with one attached hydrogen (secondary N) is 1. The summed E-state index contributed by atoms with van der Waals surface area (Å²) in [5, 5.41) is 2.95. The Balaban J connectivity index is 1.79. The Morgan fingerprint density at radius 1 is 1.41 bits per heavy atom. The Morgan fingerprint density at radius 2 is 2.06 bits per heavy atom. The summed E-state index contributed by atoms with van der Waals surface area (Å²) in [6.45, 7) is 2.33. The van der Waals surface area contributed by atoms with Crippen molar-refractivity contribution in [1.82, 2.24) is 10.2 Å². The van der Waals surface area contributed by atoms with Crippen molar-refractivity contribution >= 4 is 5.91 Å². The number of carbonyl (C=O) groups excluding carboxylic acids is 1. The highest BCUT2D eigenvalue weighted by atomic mass is 16.5. The molecule has 2 rings (SSSR count). The van der Waals surface area contributed by atoms with Gasteiger partial charge in [-0.15, -0.1) is 0 Å². The van der Waals surface area contributed by atoms with E-state index < -0.39 is 0 Å². The molecule has 1 aromatic rings. The van der Waals surface area contributed by atoms with Crippen molar-refractivity contribution < 1.29 is 9.53 Å². The van der Waals surface area contributed by atoms with Crippen molar-refractivity contribution in [2.45, 2.75) is 6.54 Å². The minimum Gasteiger partial charge on any atom is -0.497 e. The number of nitrogens with zero attached hydrogens (tertiary/aromatic N) is 1. The van der Waals surface area contributed by atoms with E-state index in [4.69, 9.17) is 4.74 Å². The van der Waals surface area contributed by atoms with E-state index in [1.165, 1.54) is 0 Å². The number of ether oxygens (including phenoxy) is 1. The molecule has 1 N–H and O–H groups in total. The maximum absolute atomic E-state index is 11.7. The van der Waals surface area contributed by atoms with Crippen molar-refractivity contribution in [3.05, 3.63) is 29.8 Å². The van der Waals surface area contributed by atoms with E-state index in [0.29, 0.717) is 6.54 Å². The smallest absolute Gasteiger partial charge is 0.225 e. The van der Waals surface area contributed by atoms with Crippen LogP contribution >= 0.6 is 0 Å². The molecular formula is C13H18N2O2. The van der Waals surface area contributed by atoms with Gasteiger partial charge in [-0.1, -0.05) is 12.1 Å². The van der Waals surface area contributed by atoms with E-state index in [-0.39, 0.29) is 11.8 Å². The summed E-state index contributed by atoms with van der Waals surface area (Å²) in [5.41, 5.74) is 1.09. The lowest BCUT2D eigenvalue weighted by atomic mass is 10.0. The van der Waals surface area contributed by atoms with Crippen LogP contribution < -0.4 is 10.1 Å². The Morgan fingerprint density at radius 3 is 2.59 bits per heavy atom. The maximum Gasteiger partial charge on any atom is 0.225 e. The molecule has 0 unspecified atom stereocenters. The molecule has 1 fully saturated rings. The number of hydrogen-bond donors (Lipinski definition) is 1. The molecule has 92 valence electrons. The quantitative estimate of drug-likeness (QED) is 0.840. The first-order valence-corrected chi connectivity index (χ1v) is 5.78. The molecule has 0 atom stereocenters. The molecule has 0 aromatic heterocycles. The SMILES string of the molecule is COc1ccc(CNC(=O)C2CN(C)C2)cc1. The first kappa shape index (κ1) is 11.9. The lowest BCUT2D eigenvalue weighted by Crippen LogP contribution is -2.51. The van der Waals surface area contributed by atoms with Gasteiger partial charge in [0, 0.05) is 19.6 Å². The summed E-state index contributed by atoms with van der Waals surface area (Å²) < 4.78 is 5.08. The largest absolute Gasteiger partial charge is 0.497 e. The average Bonchev–Trinajstić information content (AvgIpc) is 2.32. The average molecular weight is 234 g/mol. The summed E-state index contributed by atoms with van der Waals surface area (Å²) in [5.74, 6) is 1.15. The second kappa shape index (κ2) is 5.19. The monoisotopic (exact) mass is 234 g/mol. The van der Waals surface area contributed by atoms with Gasteiger partial charge in [0.1, 0.15) is 5.75 Å². The molecule has 0 aliphatic carbocycles. The number of benzene rings is 1. The molecule has 1 heterocycles. The topological polar surface area (TPSA) is 41.6 Å². The zero-order valence-electron chi connectivity index (χ0n) is 10.3. The Hall–Kier alpha value is -1.55. The number of likely N-dealkylation sites (tertiary alicyclic amines) is 1. The predicted octanol–water partition coefficient (Wildman–Crippen LogP) is 0.873. The molecule has 0 saturated carbocycles. The van der Waals surface area contributed by atoms with Crippen LogP contribution in [0.1, 0.15) is 5.56 Å². The number of carbonyl (C=O) groups is 1. The van der Waals surface area contributed by atoms with Gasteiger partial charge in [-0.05, 0) is 24.7 Å². The number of amides is 1. The van der Waals surface area contributed by atoms with Crippen LogP contribution in [0.15, 0.2) is 24.3 Å². The zero-order chi connectivity index (χ0) is 12.3. The van der Waals surface area contributed by atoms with Crippen LogP contribution in [-0.2, 0) is 11.3 Å². The number of methoxy groups -OCH3 is 1. The van der Waals surface area contributed by atoms with Gasteiger partial charge in [-0.2, -0.15) is 0 Å². The van der Waals surface area contributed by atoms with Crippen LogP contribution in [0.5, 0.6) is 5.75 Å². The fourth-order valence-corrected chi connectivity index (χ4v) is 1.94. The summed E-state index contributed by atoms with van der Waals surface area (Å²) >= 11 is 0. The second-order valence-corrected chi connectivity index (χ2v) is 4.48. The fraction of sp³-hybridized carbons (Fsp3) is 0.462. The second-order valence-electron chi connectivity index (χ2n) is 4.48. The molecule has 4 nitrogen and oxygen atoms in total. The highest BCUT2D eigenvalue weighted by Crippen LogP contribution is 2.14. The summed E-state index contributed by atoms with van der Waals surface area (Å²) in [6, 6.07) is 7.73. The van der Waals surface area contributed by atoms with Gasteiger partial charge in [0.2, 0.25) is 5.91 Å². The van der Waals surface area contributed by atoms with Gasteiger partial charge >= 0.3 is 0 Å². The van der Waals surface area contributed by atoms with E-state index in [9.17, 15) is 4.79 Å². The molecule has 4 heteroatoms. The third kappa shape index (κ3) is 2.97. The standard InChI is InChI=1S/C13H18N2O2/c1-15-8-11(9-15)13(16)14-7-10-3-5-12(17-2)6-4-10/h3-6,11H,7-9H2,1-2H3,(H,14,16). The van der Waals surface area contributed by atoms with E-state index in [2.05, 4.69) is 10.2 Å². The molecule has 1 aliphatic heterocycles. The van der Waals surface area contributed by atoms with E-state index in [0.717, 1.165) is 24.4 Å². The third-order valence-corrected chi connectivity index (χ3v) is 3.06. The third-order valence-electron chi connectivity index (χ3n) is 3.06. The summed E-state index contributed by atoms with van der Waals surface area (Å²) in [7, 11) is 3.66. The van der Waals surface area contributed by atoms with Crippen LogP contribution in [0.4, 0.5) is 0 Å². The first-order chi connectivity index (χ1) is 8.19. The number of rotatable bonds is 4. The van der Waals surface area contributed by atoms with Crippen molar-refractivity contribution in [2.75, 3.05) is 27.2 Å². The minimum absolute atomic E-state index is 0.152. The molecular weight excluding hydrogens is 216 g/mol. The molecule has 1 saturated heterocycles. The lowest BCUT2D eigenvalue weighted by Gasteiger charge is -2.34. The molecule has 17 heavy (non-hydrogen) atoms. The van der Waals surface area contributed by atoms with Gasteiger partial charge in [0.15, 0.2) is 0 Å². The van der Waals surface area contributed by atoms with Crippen LogP contribution in [0.2, 0.25) is 0 Å². The van der Waals surface area contributed by atoms with E-state index in [1.54, 1.807) is 7.11 Å². The molecule has 1 aliphatic rings. The van der Waals surface area contributed by atoms with Gasteiger partial charge in [0.05, 0.1) is 13.0 Å². The van der Waals surface area contributed by atoms with E-state index >= 15 is 0 Å². The van der Waals surface area contributed by atoms with Gasteiger partial charge in [0.25, 0.3) is 0 Å². The fourth-order valence-electron chi connectivity index (χ4n) is 1.94. The van der Waals surface area contributed by atoms with Crippen molar-refractivity contribution in [3.8, 4) is 5.75 Å². The number of hydrogen-bond acceptors (Lipinski definition) is 3. The lowest BCUT2D eigenvalue weighted by molar-refractivity contribution is -0.129. The predicted molar refractivity (Wildman–Crippen MR) is 65.8 cm³/mol. The van der Waals surface area contributed by atoms with Gasteiger partial charge in [-0.3, -0.25) is 4.79 Å². The van der Waals surface area contributed by atoms with Crippen molar-refractivity contribution in [1.29, 1.82) is 0 Å².